The molecule has 2 aromatic carbocycles. The van der Waals surface area contributed by atoms with Gasteiger partial charge in [0.15, 0.2) is 0 Å². The van der Waals surface area contributed by atoms with E-state index in [4.69, 9.17) is 11.6 Å². The van der Waals surface area contributed by atoms with Crippen molar-refractivity contribution in [2.75, 3.05) is 5.32 Å². The van der Waals surface area contributed by atoms with E-state index >= 15 is 0 Å². The number of benzene rings is 2. The lowest BCUT2D eigenvalue weighted by molar-refractivity contribution is 0.102. The van der Waals surface area contributed by atoms with Crippen LogP contribution in [0.5, 0.6) is 0 Å². The highest BCUT2D eigenvalue weighted by Crippen LogP contribution is 2.20. The third-order valence-electron chi connectivity index (χ3n) is 3.82. The molecule has 0 aliphatic heterocycles. The Morgan fingerprint density at radius 1 is 1.23 bits per heavy atom. The van der Waals surface area contributed by atoms with E-state index in [0.717, 1.165) is 20.9 Å². The fraction of sp³-hybridized carbons (Fsp3) is 0.0556. The van der Waals surface area contributed by atoms with Gasteiger partial charge in [0, 0.05) is 20.4 Å². The van der Waals surface area contributed by atoms with Crippen molar-refractivity contribution < 1.29 is 4.79 Å². The van der Waals surface area contributed by atoms with Crippen LogP contribution in [0.1, 0.15) is 16.1 Å². The average molecular weight is 431 g/mol. The molecule has 0 aliphatic carbocycles. The summed E-state index contributed by atoms with van der Waals surface area (Å²) < 4.78 is 2.67. The highest BCUT2D eigenvalue weighted by atomic mass is 79.9. The van der Waals surface area contributed by atoms with Crippen molar-refractivity contribution >= 4 is 50.3 Å². The molecule has 1 amide bonds. The standard InChI is InChI=1S/C18H13BrClN5O/c19-13-3-1-2-11(6-13)9-25-10-21-18(24-25)23-17(26)16-7-12-4-5-14(20)8-15(12)22-16/h1-8,10,22H,9H2,(H,23,24,26). The first-order chi connectivity index (χ1) is 12.6. The molecule has 0 aliphatic rings. The number of halogens is 2. The van der Waals surface area contributed by atoms with Gasteiger partial charge in [-0.1, -0.05) is 45.7 Å². The number of anilines is 1. The number of hydrogen-bond donors (Lipinski definition) is 2. The smallest absolute Gasteiger partial charge is 0.274 e. The molecule has 130 valence electrons. The Hall–Kier alpha value is -2.64. The van der Waals surface area contributed by atoms with Crippen LogP contribution in [0.2, 0.25) is 5.02 Å². The Bertz CT molecular complexity index is 1100. The van der Waals surface area contributed by atoms with Crippen molar-refractivity contribution in [3.05, 3.63) is 75.6 Å². The number of H-pyrrole nitrogens is 1. The van der Waals surface area contributed by atoms with Gasteiger partial charge in [-0.3, -0.25) is 10.1 Å². The molecule has 6 nitrogen and oxygen atoms in total. The molecule has 26 heavy (non-hydrogen) atoms. The van der Waals surface area contributed by atoms with E-state index in [1.807, 2.05) is 30.3 Å². The van der Waals surface area contributed by atoms with Crippen LogP contribution < -0.4 is 5.32 Å². The highest BCUT2D eigenvalue weighted by molar-refractivity contribution is 9.10. The van der Waals surface area contributed by atoms with Gasteiger partial charge in [-0.2, -0.15) is 0 Å². The summed E-state index contributed by atoms with van der Waals surface area (Å²) in [5, 5.41) is 8.51. The van der Waals surface area contributed by atoms with Gasteiger partial charge in [-0.25, -0.2) is 9.67 Å². The van der Waals surface area contributed by atoms with Crippen LogP contribution >= 0.6 is 27.5 Å². The zero-order chi connectivity index (χ0) is 18.1. The van der Waals surface area contributed by atoms with E-state index in [-0.39, 0.29) is 11.9 Å². The zero-order valence-corrected chi connectivity index (χ0v) is 15.8. The molecule has 2 N–H and O–H groups in total. The minimum atomic E-state index is -0.308. The van der Waals surface area contributed by atoms with Gasteiger partial charge in [0.1, 0.15) is 12.0 Å². The lowest BCUT2D eigenvalue weighted by atomic mass is 10.2. The fourth-order valence-corrected chi connectivity index (χ4v) is 3.26. The molecule has 2 aromatic heterocycles. The van der Waals surface area contributed by atoms with E-state index in [0.29, 0.717) is 17.3 Å². The number of nitrogens with zero attached hydrogens (tertiary/aromatic N) is 3. The molecule has 0 saturated carbocycles. The summed E-state index contributed by atoms with van der Waals surface area (Å²) in [7, 11) is 0. The molecule has 0 radical (unpaired) electrons. The summed E-state index contributed by atoms with van der Waals surface area (Å²) in [6.45, 7) is 0.563. The molecule has 4 aromatic rings. The second kappa shape index (κ2) is 6.93. The van der Waals surface area contributed by atoms with Crippen LogP contribution in [0, 0.1) is 0 Å². The number of fused-ring (bicyclic) bond motifs is 1. The lowest BCUT2D eigenvalue weighted by Gasteiger charge is -2.01. The van der Waals surface area contributed by atoms with Gasteiger partial charge in [0.2, 0.25) is 5.95 Å². The monoisotopic (exact) mass is 429 g/mol. The predicted octanol–water partition coefficient (Wildman–Crippen LogP) is 4.48. The van der Waals surface area contributed by atoms with E-state index in [9.17, 15) is 4.79 Å². The summed E-state index contributed by atoms with van der Waals surface area (Å²) in [5.41, 5.74) is 2.30. The number of hydrogen-bond acceptors (Lipinski definition) is 3. The minimum absolute atomic E-state index is 0.252. The van der Waals surface area contributed by atoms with Crippen molar-refractivity contribution in [2.45, 2.75) is 6.54 Å². The summed E-state index contributed by atoms with van der Waals surface area (Å²) >= 11 is 9.41. The van der Waals surface area contributed by atoms with E-state index in [1.165, 1.54) is 0 Å². The maximum Gasteiger partial charge on any atom is 0.274 e. The normalized spacial score (nSPS) is 11.0. The molecular weight excluding hydrogens is 418 g/mol. The minimum Gasteiger partial charge on any atom is -0.350 e. The molecule has 0 saturated heterocycles. The van der Waals surface area contributed by atoms with Gasteiger partial charge < -0.3 is 4.98 Å². The quantitative estimate of drug-likeness (QED) is 0.501. The summed E-state index contributed by atoms with van der Waals surface area (Å²) in [5.74, 6) is -0.0563. The highest BCUT2D eigenvalue weighted by Gasteiger charge is 2.12. The molecule has 0 unspecified atom stereocenters. The number of carbonyl (C=O) groups is 1. The maximum absolute atomic E-state index is 12.4. The second-order valence-electron chi connectivity index (χ2n) is 5.76. The number of amides is 1. The average Bonchev–Trinajstić information content (AvgIpc) is 3.21. The first kappa shape index (κ1) is 16.8. The van der Waals surface area contributed by atoms with Crippen molar-refractivity contribution in [2.24, 2.45) is 0 Å². The molecule has 0 bridgehead atoms. The molecule has 2 heterocycles. The number of carbonyl (C=O) groups excluding carboxylic acids is 1. The third kappa shape index (κ3) is 3.63. The number of nitrogens with one attached hydrogen (secondary N) is 2. The first-order valence-corrected chi connectivity index (χ1v) is 8.97. The molecule has 0 atom stereocenters. The van der Waals surface area contributed by atoms with Gasteiger partial charge in [-0.05, 0) is 35.9 Å². The van der Waals surface area contributed by atoms with Crippen molar-refractivity contribution in [3.63, 3.8) is 0 Å². The molecule has 8 heteroatoms. The second-order valence-corrected chi connectivity index (χ2v) is 7.12. The topological polar surface area (TPSA) is 75.6 Å². The summed E-state index contributed by atoms with van der Waals surface area (Å²) in [6, 6.07) is 15.1. The SMILES string of the molecule is O=C(Nc1ncn(Cc2cccc(Br)c2)n1)c1cc2ccc(Cl)cc2[nH]1. The zero-order valence-electron chi connectivity index (χ0n) is 13.4. The van der Waals surface area contributed by atoms with Gasteiger partial charge in [-0.15, -0.1) is 5.10 Å². The maximum atomic E-state index is 12.4. The largest absolute Gasteiger partial charge is 0.350 e. The molecular formula is C18H13BrClN5O. The van der Waals surface area contributed by atoms with Crippen LogP contribution in [-0.2, 0) is 6.54 Å². The Morgan fingerprint density at radius 2 is 2.12 bits per heavy atom. The number of aromatic amines is 1. The lowest BCUT2D eigenvalue weighted by Crippen LogP contribution is -2.13. The van der Waals surface area contributed by atoms with Crippen LogP contribution in [0.15, 0.2) is 59.3 Å². The van der Waals surface area contributed by atoms with Gasteiger partial charge >= 0.3 is 0 Å². The van der Waals surface area contributed by atoms with Crippen LogP contribution in [0.25, 0.3) is 10.9 Å². The summed E-state index contributed by atoms with van der Waals surface area (Å²) in [4.78, 5) is 19.6. The number of rotatable bonds is 4. The fourth-order valence-electron chi connectivity index (χ4n) is 2.64. The Labute approximate surface area is 162 Å². The molecule has 0 spiro atoms. The summed E-state index contributed by atoms with van der Waals surface area (Å²) in [6.07, 6.45) is 1.58. The first-order valence-electron chi connectivity index (χ1n) is 7.80. The Balaban J connectivity index is 1.48. The van der Waals surface area contributed by atoms with Crippen LogP contribution in [0.4, 0.5) is 5.95 Å². The van der Waals surface area contributed by atoms with E-state index < -0.39 is 0 Å². The van der Waals surface area contributed by atoms with Crippen LogP contribution in [0.3, 0.4) is 0 Å². The van der Waals surface area contributed by atoms with E-state index in [1.54, 1.807) is 29.2 Å². The van der Waals surface area contributed by atoms with Crippen molar-refractivity contribution in [1.29, 1.82) is 0 Å². The Morgan fingerprint density at radius 3 is 2.96 bits per heavy atom. The number of aromatic nitrogens is 4. The van der Waals surface area contributed by atoms with Crippen LogP contribution in [-0.4, -0.2) is 25.7 Å². The van der Waals surface area contributed by atoms with Gasteiger partial charge in [0.25, 0.3) is 5.91 Å². The van der Waals surface area contributed by atoms with E-state index in [2.05, 4.69) is 36.3 Å². The third-order valence-corrected chi connectivity index (χ3v) is 4.55. The van der Waals surface area contributed by atoms with Gasteiger partial charge in [0.05, 0.1) is 6.54 Å². The van der Waals surface area contributed by atoms with Crippen molar-refractivity contribution in [3.8, 4) is 0 Å². The molecule has 0 fully saturated rings. The van der Waals surface area contributed by atoms with Crippen molar-refractivity contribution in [1.82, 2.24) is 19.7 Å². The molecule has 4 rings (SSSR count). The predicted molar refractivity (Wildman–Crippen MR) is 105 cm³/mol. The Kier molecular flexibility index (Phi) is 4.48.